The van der Waals surface area contributed by atoms with Crippen LogP contribution in [-0.2, 0) is 4.74 Å². The summed E-state index contributed by atoms with van der Waals surface area (Å²) in [4.78, 5) is 14.5. The fourth-order valence-electron chi connectivity index (χ4n) is 3.01. The molecule has 0 atom stereocenters. The zero-order valence-electron chi connectivity index (χ0n) is 16.4. The Hall–Kier alpha value is -2.64. The number of benzene rings is 1. The highest BCUT2D eigenvalue weighted by molar-refractivity contribution is 6.02. The number of carbonyl (C=O) groups excluding carboxylic acids is 1. The molecule has 1 saturated heterocycles. The molecule has 2 aromatic rings. The maximum Gasteiger partial charge on any atom is 0.274 e. The van der Waals surface area contributed by atoms with Crippen LogP contribution in [0.2, 0.25) is 0 Å². The molecule has 0 unspecified atom stereocenters. The maximum absolute atomic E-state index is 12.2. The van der Waals surface area contributed by atoms with Gasteiger partial charge in [0.1, 0.15) is 18.1 Å². The summed E-state index contributed by atoms with van der Waals surface area (Å²) in [6, 6.07) is 9.42. The van der Waals surface area contributed by atoms with Gasteiger partial charge in [-0.05, 0) is 49.2 Å². The highest BCUT2D eigenvalue weighted by Gasteiger charge is 2.12. The predicted octanol–water partition coefficient (Wildman–Crippen LogP) is 2.84. The van der Waals surface area contributed by atoms with Gasteiger partial charge in [0.15, 0.2) is 0 Å². The Morgan fingerprint density at radius 3 is 2.61 bits per heavy atom. The van der Waals surface area contributed by atoms with Gasteiger partial charge in [-0.1, -0.05) is 6.92 Å². The molecule has 1 N–H and O–H groups in total. The third-order valence-electron chi connectivity index (χ3n) is 4.70. The van der Waals surface area contributed by atoms with Crippen LogP contribution < -0.4 is 10.2 Å². The van der Waals surface area contributed by atoms with Crippen LogP contribution in [0.15, 0.2) is 46.1 Å². The lowest BCUT2D eigenvalue weighted by atomic mass is 10.1. The molecule has 1 aromatic carbocycles. The number of nitrogens with one attached hydrogen (secondary N) is 1. The first-order valence-electron chi connectivity index (χ1n) is 9.61. The first kappa shape index (κ1) is 20.1. The molecule has 1 fully saturated rings. The summed E-state index contributed by atoms with van der Waals surface area (Å²) in [5, 5.41) is 4.28. The van der Waals surface area contributed by atoms with Crippen LogP contribution in [0.25, 0.3) is 0 Å². The molecule has 3 rings (SSSR count). The van der Waals surface area contributed by atoms with Gasteiger partial charge in [0.05, 0.1) is 30.8 Å². The number of furan rings is 1. The smallest absolute Gasteiger partial charge is 0.274 e. The summed E-state index contributed by atoms with van der Waals surface area (Å²) >= 11 is 0. The van der Waals surface area contributed by atoms with Gasteiger partial charge in [0.2, 0.25) is 0 Å². The lowest BCUT2D eigenvalue weighted by Gasteiger charge is -2.26. The largest absolute Gasteiger partial charge is 0.492 e. The summed E-state index contributed by atoms with van der Waals surface area (Å²) in [6.07, 6.45) is 2.19. The van der Waals surface area contributed by atoms with Crippen molar-refractivity contribution in [2.75, 3.05) is 39.5 Å². The van der Waals surface area contributed by atoms with E-state index in [1.807, 2.05) is 31.2 Å². The maximum atomic E-state index is 12.2. The molecular weight excluding hydrogens is 358 g/mol. The Morgan fingerprint density at radius 2 is 1.96 bits per heavy atom. The number of amides is 1. The highest BCUT2D eigenvalue weighted by atomic mass is 16.5. The minimum Gasteiger partial charge on any atom is -0.492 e. The number of hydrogen-bond donors (Lipinski definition) is 1. The SMILES string of the molecule is CC/C(=N/NC(=O)c1ccoc1C)c1ccc(OCCN2CCOCC2)cc1. The molecule has 0 aliphatic carbocycles. The van der Waals surface area contributed by atoms with Gasteiger partial charge >= 0.3 is 0 Å². The van der Waals surface area contributed by atoms with Gasteiger partial charge in [0.25, 0.3) is 5.91 Å². The van der Waals surface area contributed by atoms with Crippen molar-refractivity contribution in [1.29, 1.82) is 0 Å². The molecule has 28 heavy (non-hydrogen) atoms. The van der Waals surface area contributed by atoms with Crippen LogP contribution in [0.4, 0.5) is 0 Å². The number of aryl methyl sites for hydroxylation is 1. The quantitative estimate of drug-likeness (QED) is 0.559. The Morgan fingerprint density at radius 1 is 1.21 bits per heavy atom. The number of morpholine rings is 1. The number of carbonyl (C=O) groups is 1. The average Bonchev–Trinajstić information content (AvgIpc) is 3.16. The van der Waals surface area contributed by atoms with Crippen molar-refractivity contribution in [3.63, 3.8) is 0 Å². The molecule has 2 heterocycles. The second kappa shape index (κ2) is 10.1. The topological polar surface area (TPSA) is 76.3 Å². The fourth-order valence-corrected chi connectivity index (χ4v) is 3.01. The molecule has 1 amide bonds. The average molecular weight is 385 g/mol. The normalized spacial score (nSPS) is 15.4. The molecule has 0 spiro atoms. The van der Waals surface area contributed by atoms with Gasteiger partial charge in [0, 0.05) is 19.6 Å². The van der Waals surface area contributed by atoms with Crippen molar-refractivity contribution in [3.8, 4) is 5.75 Å². The summed E-state index contributed by atoms with van der Waals surface area (Å²) < 4.78 is 16.3. The summed E-state index contributed by atoms with van der Waals surface area (Å²) in [6.45, 7) is 8.80. The van der Waals surface area contributed by atoms with Crippen LogP contribution in [0.3, 0.4) is 0 Å². The fraction of sp³-hybridized carbons (Fsp3) is 0.429. The van der Waals surface area contributed by atoms with E-state index in [1.54, 1.807) is 13.0 Å². The first-order chi connectivity index (χ1) is 13.7. The lowest BCUT2D eigenvalue weighted by molar-refractivity contribution is 0.0322. The minimum absolute atomic E-state index is 0.278. The van der Waals surface area contributed by atoms with E-state index < -0.39 is 0 Å². The highest BCUT2D eigenvalue weighted by Crippen LogP contribution is 2.14. The van der Waals surface area contributed by atoms with E-state index in [0.717, 1.165) is 49.9 Å². The van der Waals surface area contributed by atoms with E-state index in [9.17, 15) is 4.79 Å². The van der Waals surface area contributed by atoms with Crippen LogP contribution in [0.1, 0.15) is 35.0 Å². The van der Waals surface area contributed by atoms with Crippen LogP contribution in [0.5, 0.6) is 5.75 Å². The van der Waals surface area contributed by atoms with Crippen molar-refractivity contribution < 1.29 is 18.7 Å². The molecule has 7 nitrogen and oxygen atoms in total. The number of hydrazone groups is 1. The Labute approximate surface area is 165 Å². The van der Waals surface area contributed by atoms with Crippen molar-refractivity contribution in [2.45, 2.75) is 20.3 Å². The van der Waals surface area contributed by atoms with E-state index >= 15 is 0 Å². The van der Waals surface area contributed by atoms with E-state index in [2.05, 4.69) is 15.4 Å². The second-order valence-electron chi connectivity index (χ2n) is 6.57. The minimum atomic E-state index is -0.278. The number of ether oxygens (including phenoxy) is 2. The van der Waals surface area contributed by atoms with E-state index in [1.165, 1.54) is 6.26 Å². The molecule has 1 aliphatic rings. The van der Waals surface area contributed by atoms with Gasteiger partial charge < -0.3 is 13.9 Å². The molecule has 1 aromatic heterocycles. The molecule has 0 saturated carbocycles. The first-order valence-corrected chi connectivity index (χ1v) is 9.61. The van der Waals surface area contributed by atoms with Gasteiger partial charge in [-0.25, -0.2) is 5.43 Å². The van der Waals surface area contributed by atoms with Crippen molar-refractivity contribution in [1.82, 2.24) is 10.3 Å². The monoisotopic (exact) mass is 385 g/mol. The van der Waals surface area contributed by atoms with E-state index in [-0.39, 0.29) is 5.91 Å². The number of hydrogen-bond acceptors (Lipinski definition) is 6. The van der Waals surface area contributed by atoms with Gasteiger partial charge in [-0.15, -0.1) is 0 Å². The van der Waals surface area contributed by atoms with Crippen molar-refractivity contribution in [3.05, 3.63) is 53.5 Å². The van der Waals surface area contributed by atoms with Crippen LogP contribution in [0, 0.1) is 6.92 Å². The zero-order valence-corrected chi connectivity index (χ0v) is 16.4. The zero-order chi connectivity index (χ0) is 19.8. The van der Waals surface area contributed by atoms with Gasteiger partial charge in [-0.2, -0.15) is 5.10 Å². The predicted molar refractivity (Wildman–Crippen MR) is 107 cm³/mol. The third-order valence-corrected chi connectivity index (χ3v) is 4.70. The van der Waals surface area contributed by atoms with Crippen molar-refractivity contribution in [2.24, 2.45) is 5.10 Å². The second-order valence-corrected chi connectivity index (χ2v) is 6.57. The van der Waals surface area contributed by atoms with E-state index in [0.29, 0.717) is 24.4 Å². The van der Waals surface area contributed by atoms with E-state index in [4.69, 9.17) is 13.9 Å². The molecular formula is C21H27N3O4. The number of rotatable bonds is 8. The van der Waals surface area contributed by atoms with Crippen LogP contribution in [-0.4, -0.2) is 56.0 Å². The Balaban J connectivity index is 1.53. The summed E-state index contributed by atoms with van der Waals surface area (Å²) in [7, 11) is 0. The summed E-state index contributed by atoms with van der Waals surface area (Å²) in [5.74, 6) is 1.12. The van der Waals surface area contributed by atoms with Gasteiger partial charge in [-0.3, -0.25) is 9.69 Å². The Bertz CT molecular complexity index is 792. The number of nitrogens with zero attached hydrogens (tertiary/aromatic N) is 2. The van der Waals surface area contributed by atoms with Crippen molar-refractivity contribution >= 4 is 11.6 Å². The third kappa shape index (κ3) is 5.43. The summed E-state index contributed by atoms with van der Waals surface area (Å²) in [5.41, 5.74) is 4.84. The molecule has 1 aliphatic heterocycles. The molecule has 0 radical (unpaired) electrons. The standard InChI is InChI=1S/C21H27N3O4/c1-3-20(22-23-21(25)19-8-12-27-16(19)2)17-4-6-18(7-5-17)28-15-11-24-9-13-26-14-10-24/h4-8,12H,3,9-11,13-15H2,1-2H3,(H,23,25)/b22-20-. The van der Waals surface area contributed by atoms with Crippen LogP contribution >= 0.6 is 0 Å². The Kier molecular flexibility index (Phi) is 7.22. The molecule has 0 bridgehead atoms. The molecule has 7 heteroatoms. The lowest BCUT2D eigenvalue weighted by Crippen LogP contribution is -2.38. The molecule has 150 valence electrons.